The molecule has 4 heteroatoms. The molecule has 1 fully saturated rings. The van der Waals surface area contributed by atoms with Crippen LogP contribution < -0.4 is 5.73 Å². The molecule has 2 atom stereocenters. The smallest absolute Gasteiger partial charge is 0.194 e. The summed E-state index contributed by atoms with van der Waals surface area (Å²) >= 11 is 1.70. The number of thiazole rings is 1. The van der Waals surface area contributed by atoms with E-state index in [4.69, 9.17) is 5.73 Å². The second kappa shape index (κ2) is 2.81. The van der Waals surface area contributed by atoms with Gasteiger partial charge in [0.05, 0.1) is 5.69 Å². The first kappa shape index (κ1) is 8.44. The molecule has 14 heavy (non-hydrogen) atoms. The molecule has 0 unspecified atom stereocenters. The molecule has 1 aliphatic carbocycles. The van der Waals surface area contributed by atoms with Gasteiger partial charge < -0.3 is 5.73 Å². The van der Waals surface area contributed by atoms with Gasteiger partial charge in [-0.2, -0.15) is 0 Å². The molecule has 0 spiro atoms. The van der Waals surface area contributed by atoms with Crippen LogP contribution in [0.1, 0.15) is 23.7 Å². The van der Waals surface area contributed by atoms with Crippen LogP contribution in [-0.4, -0.2) is 15.9 Å². The normalized spacial score (nSPS) is 25.9. The van der Waals surface area contributed by atoms with Crippen LogP contribution in [0.3, 0.4) is 0 Å². The van der Waals surface area contributed by atoms with Crippen molar-refractivity contribution in [3.8, 4) is 0 Å². The number of nitrogens with zero attached hydrogens (tertiary/aromatic N) is 2. The Bertz CT molecular complexity index is 471. The maximum atomic E-state index is 5.67. The van der Waals surface area contributed by atoms with E-state index < -0.39 is 0 Å². The maximum Gasteiger partial charge on any atom is 0.194 e. The Kier molecular flexibility index (Phi) is 1.69. The van der Waals surface area contributed by atoms with E-state index in [1.54, 1.807) is 11.3 Å². The number of rotatable bonds is 2. The topological polar surface area (TPSA) is 43.3 Å². The molecule has 74 valence electrons. The number of fused-ring (bicyclic) bond motifs is 1. The lowest BCUT2D eigenvalue weighted by Crippen LogP contribution is -2.03. The molecule has 0 saturated heterocycles. The first-order valence-corrected chi connectivity index (χ1v) is 5.81. The molecular weight excluding hydrogens is 194 g/mol. The lowest BCUT2D eigenvalue weighted by Gasteiger charge is -1.98. The Morgan fingerprint density at radius 3 is 3.29 bits per heavy atom. The van der Waals surface area contributed by atoms with Crippen LogP contribution >= 0.6 is 11.3 Å². The highest BCUT2D eigenvalue weighted by atomic mass is 32.1. The van der Waals surface area contributed by atoms with Crippen molar-refractivity contribution in [2.24, 2.45) is 11.7 Å². The highest BCUT2D eigenvalue weighted by Gasteiger charge is 2.40. The molecule has 2 N–H and O–H groups in total. The van der Waals surface area contributed by atoms with Crippen molar-refractivity contribution < 1.29 is 0 Å². The lowest BCUT2D eigenvalue weighted by molar-refractivity contribution is 0.789. The Hall–Kier alpha value is -0.870. The Morgan fingerprint density at radius 1 is 1.71 bits per heavy atom. The monoisotopic (exact) mass is 207 g/mol. The third-order valence-electron chi connectivity index (χ3n) is 3.06. The molecule has 0 bridgehead atoms. The summed E-state index contributed by atoms with van der Waals surface area (Å²) < 4.78 is 2.22. The summed E-state index contributed by atoms with van der Waals surface area (Å²) in [4.78, 5) is 5.66. The fourth-order valence-electron chi connectivity index (χ4n) is 2.20. The summed E-state index contributed by atoms with van der Waals surface area (Å²) in [5.74, 6) is 1.35. The lowest BCUT2D eigenvalue weighted by atomic mass is 10.2. The van der Waals surface area contributed by atoms with Crippen molar-refractivity contribution in [3.63, 3.8) is 0 Å². The molecule has 0 radical (unpaired) electrons. The quantitative estimate of drug-likeness (QED) is 0.815. The SMILES string of the molecule is Cc1nc2sccn2c1[C@@H]1C[C@H]1CN. The molecule has 1 aliphatic rings. The molecule has 3 nitrogen and oxygen atoms in total. The highest BCUT2D eigenvalue weighted by molar-refractivity contribution is 7.15. The predicted molar refractivity (Wildman–Crippen MR) is 57.7 cm³/mol. The van der Waals surface area contributed by atoms with E-state index in [-0.39, 0.29) is 0 Å². The molecule has 2 aromatic rings. The van der Waals surface area contributed by atoms with Crippen molar-refractivity contribution >= 4 is 16.3 Å². The standard InChI is InChI=1S/C10H13N3S/c1-6-9(8-4-7(8)5-11)13-2-3-14-10(13)12-6/h2-3,7-8H,4-5,11H2,1H3/t7-,8+/m0/s1. The first-order valence-electron chi connectivity index (χ1n) is 4.93. The zero-order valence-electron chi connectivity index (χ0n) is 8.10. The Labute approximate surface area is 86.6 Å². The maximum absolute atomic E-state index is 5.67. The molecule has 2 aromatic heterocycles. The van der Waals surface area contributed by atoms with Gasteiger partial charge in [-0.15, -0.1) is 11.3 Å². The van der Waals surface area contributed by atoms with Gasteiger partial charge in [0, 0.05) is 23.2 Å². The van der Waals surface area contributed by atoms with Crippen LogP contribution in [0.25, 0.3) is 4.96 Å². The number of nitrogens with two attached hydrogens (primary N) is 1. The molecule has 0 amide bonds. The summed E-state index contributed by atoms with van der Waals surface area (Å²) in [5, 5.41) is 2.09. The number of hydrogen-bond acceptors (Lipinski definition) is 3. The summed E-state index contributed by atoms with van der Waals surface area (Å²) in [6.45, 7) is 2.91. The van der Waals surface area contributed by atoms with Crippen LogP contribution in [0, 0.1) is 12.8 Å². The zero-order valence-corrected chi connectivity index (χ0v) is 8.92. The van der Waals surface area contributed by atoms with Crippen molar-refractivity contribution in [2.45, 2.75) is 19.3 Å². The Balaban J connectivity index is 2.10. The molecule has 0 aliphatic heterocycles. The van der Waals surface area contributed by atoms with E-state index in [0.29, 0.717) is 11.8 Å². The van der Waals surface area contributed by atoms with Gasteiger partial charge in [0.25, 0.3) is 0 Å². The van der Waals surface area contributed by atoms with E-state index in [2.05, 4.69) is 27.9 Å². The number of aryl methyl sites for hydroxylation is 1. The first-order chi connectivity index (χ1) is 6.81. The van der Waals surface area contributed by atoms with E-state index in [1.165, 1.54) is 17.8 Å². The average Bonchev–Trinajstić information content (AvgIpc) is 2.68. The fraction of sp³-hybridized carbons (Fsp3) is 0.500. The van der Waals surface area contributed by atoms with Crippen LogP contribution in [0.2, 0.25) is 0 Å². The Morgan fingerprint density at radius 2 is 2.57 bits per heavy atom. The second-order valence-electron chi connectivity index (χ2n) is 3.98. The number of imidazole rings is 1. The van der Waals surface area contributed by atoms with Crippen molar-refractivity contribution in [1.29, 1.82) is 0 Å². The van der Waals surface area contributed by atoms with Crippen LogP contribution in [0.5, 0.6) is 0 Å². The van der Waals surface area contributed by atoms with Gasteiger partial charge in [-0.25, -0.2) is 4.98 Å². The summed E-state index contributed by atoms with van der Waals surface area (Å²) in [6, 6.07) is 0. The van der Waals surface area contributed by atoms with Gasteiger partial charge in [-0.05, 0) is 25.8 Å². The minimum Gasteiger partial charge on any atom is -0.330 e. The van der Waals surface area contributed by atoms with Gasteiger partial charge >= 0.3 is 0 Å². The predicted octanol–water partition coefficient (Wildman–Crippen LogP) is 1.77. The summed E-state index contributed by atoms with van der Waals surface area (Å²) in [7, 11) is 0. The van der Waals surface area contributed by atoms with E-state index in [0.717, 1.165) is 11.5 Å². The minimum atomic E-state index is 0.657. The largest absolute Gasteiger partial charge is 0.330 e. The van der Waals surface area contributed by atoms with E-state index in [1.807, 2.05) is 0 Å². The fourth-order valence-corrected chi connectivity index (χ4v) is 2.97. The molecule has 3 rings (SSSR count). The van der Waals surface area contributed by atoms with Crippen LogP contribution in [0.15, 0.2) is 11.6 Å². The van der Waals surface area contributed by atoms with E-state index in [9.17, 15) is 0 Å². The molecule has 1 saturated carbocycles. The summed E-state index contributed by atoms with van der Waals surface area (Å²) in [6.07, 6.45) is 3.35. The van der Waals surface area contributed by atoms with Gasteiger partial charge in [-0.1, -0.05) is 0 Å². The van der Waals surface area contributed by atoms with Gasteiger partial charge in [0.1, 0.15) is 0 Å². The zero-order chi connectivity index (χ0) is 9.71. The van der Waals surface area contributed by atoms with Crippen molar-refractivity contribution in [3.05, 3.63) is 23.0 Å². The summed E-state index contributed by atoms with van der Waals surface area (Å²) in [5.41, 5.74) is 8.24. The van der Waals surface area contributed by atoms with Crippen molar-refractivity contribution in [1.82, 2.24) is 9.38 Å². The molecular formula is C10H13N3S. The third-order valence-corrected chi connectivity index (χ3v) is 3.82. The van der Waals surface area contributed by atoms with Crippen LogP contribution in [-0.2, 0) is 0 Å². The van der Waals surface area contributed by atoms with Gasteiger partial charge in [-0.3, -0.25) is 4.40 Å². The van der Waals surface area contributed by atoms with Gasteiger partial charge in [0.15, 0.2) is 4.96 Å². The van der Waals surface area contributed by atoms with Crippen LogP contribution in [0.4, 0.5) is 0 Å². The van der Waals surface area contributed by atoms with Crippen molar-refractivity contribution in [2.75, 3.05) is 6.54 Å². The third kappa shape index (κ3) is 1.04. The number of hydrogen-bond donors (Lipinski definition) is 1. The second-order valence-corrected chi connectivity index (χ2v) is 4.85. The molecule has 2 heterocycles. The average molecular weight is 207 g/mol. The highest BCUT2D eigenvalue weighted by Crippen LogP contribution is 2.47. The number of aromatic nitrogens is 2. The van der Waals surface area contributed by atoms with E-state index >= 15 is 0 Å². The molecule has 0 aromatic carbocycles. The minimum absolute atomic E-state index is 0.657. The van der Waals surface area contributed by atoms with Gasteiger partial charge in [0.2, 0.25) is 0 Å².